The number of ether oxygens (including phenoxy) is 1. The van der Waals surface area contributed by atoms with Gasteiger partial charge in [-0.1, -0.05) is 59.6 Å². The number of hydrogen-bond acceptors (Lipinski definition) is 5. The molecule has 8 nitrogen and oxygen atoms in total. The number of aliphatic hydroxyl groups is 1. The van der Waals surface area contributed by atoms with Gasteiger partial charge in [-0.2, -0.15) is 0 Å². The molecule has 0 aliphatic carbocycles. The maximum atomic E-state index is 14.5. The molecule has 2 bridgehead atoms. The van der Waals surface area contributed by atoms with Crippen LogP contribution in [0.2, 0.25) is 0 Å². The molecule has 4 unspecified atom stereocenters. The standard InChI is InChI=1S/C32H44BrN3O5/c1-5-14-22(4)34(17-6-2)31(40)28-32-21-24(33)27(41-32)25(26(32)30(39)36(28)19-12-9-13-20-37)29(38)35(18-7-3)23-15-10-8-11-16-23/h6-8,10-11,15-16,22,24-28,37H,2-3,5,9,12-14,17-21H2,1,4H3/t22?,24?,25-,26+,27-,28?,32?/m1/s1. The highest BCUT2D eigenvalue weighted by molar-refractivity contribution is 9.09. The van der Waals surface area contributed by atoms with E-state index in [1.54, 1.807) is 22.0 Å². The molecule has 3 aliphatic heterocycles. The Bertz CT molecular complexity index is 1120. The van der Waals surface area contributed by atoms with Crippen LogP contribution in [0.3, 0.4) is 0 Å². The molecule has 0 radical (unpaired) electrons. The van der Waals surface area contributed by atoms with E-state index in [0.717, 1.165) is 24.9 Å². The number of aliphatic hydroxyl groups excluding tert-OH is 1. The van der Waals surface area contributed by atoms with Crippen LogP contribution in [0.5, 0.6) is 0 Å². The van der Waals surface area contributed by atoms with Crippen LogP contribution in [0.1, 0.15) is 52.4 Å². The van der Waals surface area contributed by atoms with Crippen molar-refractivity contribution >= 4 is 39.3 Å². The van der Waals surface area contributed by atoms with E-state index in [4.69, 9.17) is 4.74 Å². The van der Waals surface area contributed by atoms with Gasteiger partial charge in [0.05, 0.1) is 17.9 Å². The summed E-state index contributed by atoms with van der Waals surface area (Å²) in [4.78, 5) is 48.2. The number of fused-ring (bicyclic) bond motifs is 1. The first kappa shape index (κ1) is 31.4. The Morgan fingerprint density at radius 1 is 1.17 bits per heavy atom. The minimum Gasteiger partial charge on any atom is -0.396 e. The first-order valence-electron chi connectivity index (χ1n) is 14.9. The molecule has 7 atom stereocenters. The number of nitrogens with zero attached hydrogens (tertiary/aromatic N) is 3. The molecule has 3 heterocycles. The summed E-state index contributed by atoms with van der Waals surface area (Å²) in [6.45, 7) is 13.0. The second-order valence-electron chi connectivity index (χ2n) is 11.5. The molecule has 3 aliphatic rings. The van der Waals surface area contributed by atoms with E-state index in [2.05, 4.69) is 36.0 Å². The molecule has 9 heteroatoms. The van der Waals surface area contributed by atoms with Gasteiger partial charge in [0.1, 0.15) is 11.6 Å². The Morgan fingerprint density at radius 2 is 1.88 bits per heavy atom. The van der Waals surface area contributed by atoms with E-state index in [1.165, 1.54) is 0 Å². The van der Waals surface area contributed by atoms with Crippen molar-refractivity contribution in [3.05, 3.63) is 55.6 Å². The summed E-state index contributed by atoms with van der Waals surface area (Å²) >= 11 is 3.78. The predicted octanol–water partition coefficient (Wildman–Crippen LogP) is 4.32. The van der Waals surface area contributed by atoms with Gasteiger partial charge in [-0.05, 0) is 51.2 Å². The zero-order valence-electron chi connectivity index (χ0n) is 24.3. The highest BCUT2D eigenvalue weighted by Crippen LogP contribution is 2.60. The molecule has 1 aromatic rings. The normalized spacial score (nSPS) is 28.8. The summed E-state index contributed by atoms with van der Waals surface area (Å²) < 4.78 is 6.73. The van der Waals surface area contributed by atoms with E-state index < -0.39 is 29.6 Å². The maximum Gasteiger partial charge on any atom is 0.248 e. The fourth-order valence-corrected chi connectivity index (χ4v) is 8.04. The van der Waals surface area contributed by atoms with Crippen LogP contribution in [0.4, 0.5) is 5.69 Å². The predicted molar refractivity (Wildman–Crippen MR) is 164 cm³/mol. The minimum absolute atomic E-state index is 0.0377. The first-order chi connectivity index (χ1) is 19.8. The van der Waals surface area contributed by atoms with Crippen molar-refractivity contribution in [2.45, 2.75) is 81.0 Å². The van der Waals surface area contributed by atoms with Crippen LogP contribution in [-0.2, 0) is 19.1 Å². The van der Waals surface area contributed by atoms with Crippen LogP contribution in [0, 0.1) is 11.8 Å². The number of carbonyl (C=O) groups excluding carboxylic acids is 3. The summed E-state index contributed by atoms with van der Waals surface area (Å²) in [5.41, 5.74) is -0.378. The van der Waals surface area contributed by atoms with Gasteiger partial charge >= 0.3 is 0 Å². The zero-order chi connectivity index (χ0) is 29.7. The quantitative estimate of drug-likeness (QED) is 0.177. The number of hydrogen-bond donors (Lipinski definition) is 1. The lowest BCUT2D eigenvalue weighted by Crippen LogP contribution is -2.58. The monoisotopic (exact) mass is 629 g/mol. The number of halogens is 1. The maximum absolute atomic E-state index is 14.5. The summed E-state index contributed by atoms with van der Waals surface area (Å²) in [5.74, 6) is -2.03. The number of rotatable bonds is 15. The number of unbranched alkanes of at least 4 members (excludes halogenated alkanes) is 2. The zero-order valence-corrected chi connectivity index (χ0v) is 25.9. The van der Waals surface area contributed by atoms with Crippen molar-refractivity contribution in [1.29, 1.82) is 0 Å². The lowest BCUT2D eigenvalue weighted by molar-refractivity contribution is -0.149. The van der Waals surface area contributed by atoms with Gasteiger partial charge in [-0.25, -0.2) is 0 Å². The van der Waals surface area contributed by atoms with Gasteiger partial charge < -0.3 is 24.5 Å². The molecule has 1 N–H and O–H groups in total. The largest absolute Gasteiger partial charge is 0.396 e. The van der Waals surface area contributed by atoms with Gasteiger partial charge in [-0.3, -0.25) is 14.4 Å². The van der Waals surface area contributed by atoms with Crippen molar-refractivity contribution in [3.8, 4) is 0 Å². The molecule has 0 aromatic heterocycles. The highest BCUT2D eigenvalue weighted by Gasteiger charge is 2.76. The lowest BCUT2D eigenvalue weighted by Gasteiger charge is -2.39. The van der Waals surface area contributed by atoms with E-state index in [1.807, 2.05) is 42.2 Å². The third kappa shape index (κ3) is 5.77. The van der Waals surface area contributed by atoms with Crippen LogP contribution in [0.25, 0.3) is 0 Å². The molecule has 3 amide bonds. The average Bonchev–Trinajstić information content (AvgIpc) is 3.56. The average molecular weight is 631 g/mol. The second-order valence-corrected chi connectivity index (χ2v) is 12.6. The van der Waals surface area contributed by atoms with E-state index >= 15 is 0 Å². The number of alkyl halides is 1. The number of benzene rings is 1. The van der Waals surface area contributed by atoms with Gasteiger partial charge in [0, 0.05) is 42.8 Å². The Kier molecular flexibility index (Phi) is 10.5. The highest BCUT2D eigenvalue weighted by atomic mass is 79.9. The Morgan fingerprint density at radius 3 is 2.51 bits per heavy atom. The van der Waals surface area contributed by atoms with Crippen LogP contribution >= 0.6 is 15.9 Å². The number of para-hydroxylation sites is 1. The number of anilines is 1. The van der Waals surface area contributed by atoms with Crippen LogP contribution < -0.4 is 4.90 Å². The van der Waals surface area contributed by atoms with Crippen molar-refractivity contribution in [3.63, 3.8) is 0 Å². The number of likely N-dealkylation sites (tertiary alicyclic amines) is 1. The summed E-state index contributed by atoms with van der Waals surface area (Å²) in [5, 5.41) is 9.30. The van der Waals surface area contributed by atoms with Gasteiger partial charge in [0.25, 0.3) is 0 Å². The molecule has 3 saturated heterocycles. The Labute approximate surface area is 252 Å². The third-order valence-electron chi connectivity index (χ3n) is 8.86. The number of amides is 3. The van der Waals surface area contributed by atoms with E-state index in [0.29, 0.717) is 38.9 Å². The van der Waals surface area contributed by atoms with Crippen molar-refractivity contribution in [1.82, 2.24) is 9.80 Å². The number of carbonyl (C=O) groups is 3. The second kappa shape index (κ2) is 13.7. The molecule has 3 fully saturated rings. The molecule has 1 aromatic carbocycles. The van der Waals surface area contributed by atoms with Gasteiger partial charge in [-0.15, -0.1) is 13.2 Å². The van der Waals surface area contributed by atoms with Crippen molar-refractivity contribution in [2.24, 2.45) is 11.8 Å². The molecular weight excluding hydrogens is 586 g/mol. The minimum atomic E-state index is -1.10. The van der Waals surface area contributed by atoms with Crippen molar-refractivity contribution < 1.29 is 24.2 Å². The Balaban J connectivity index is 1.76. The molecule has 41 heavy (non-hydrogen) atoms. The smallest absolute Gasteiger partial charge is 0.248 e. The van der Waals surface area contributed by atoms with Crippen molar-refractivity contribution in [2.75, 3.05) is 31.1 Å². The summed E-state index contributed by atoms with van der Waals surface area (Å²) in [6.07, 6.45) is 7.10. The topological polar surface area (TPSA) is 90.4 Å². The lowest BCUT2D eigenvalue weighted by atomic mass is 9.70. The molecule has 1 spiro atoms. The third-order valence-corrected chi connectivity index (χ3v) is 9.70. The fraction of sp³-hybridized carbons (Fsp3) is 0.594. The molecule has 224 valence electrons. The van der Waals surface area contributed by atoms with E-state index in [-0.39, 0.29) is 35.2 Å². The summed E-state index contributed by atoms with van der Waals surface area (Å²) in [7, 11) is 0. The van der Waals surface area contributed by atoms with Gasteiger partial charge in [0.2, 0.25) is 17.7 Å². The SMILES string of the molecule is C=CCN(C(=O)[C@H]1[C@@H]2OC3(CC2Br)C(C(=O)N(CC=C)C(C)CCC)N(CCCCCO)C(=O)[C@H]13)c1ccccc1. The van der Waals surface area contributed by atoms with E-state index in [9.17, 15) is 19.5 Å². The molecule has 4 rings (SSSR count). The summed E-state index contributed by atoms with van der Waals surface area (Å²) in [6, 6.07) is 8.51. The van der Waals surface area contributed by atoms with Crippen LogP contribution in [0.15, 0.2) is 55.6 Å². The molecule has 0 saturated carbocycles. The fourth-order valence-electron chi connectivity index (χ4n) is 7.10. The molecular formula is C32H44BrN3O5. The Hall–Kier alpha value is -2.49. The van der Waals surface area contributed by atoms with Gasteiger partial charge in [0.15, 0.2) is 0 Å². The van der Waals surface area contributed by atoms with Crippen LogP contribution in [-0.4, -0.2) is 87.5 Å². The first-order valence-corrected chi connectivity index (χ1v) is 15.8.